The van der Waals surface area contributed by atoms with E-state index in [0.29, 0.717) is 48.1 Å². The van der Waals surface area contributed by atoms with Gasteiger partial charge in [-0.1, -0.05) is 43.6 Å². The molecule has 7 rings (SSSR count). The minimum atomic E-state index is -0.359. The van der Waals surface area contributed by atoms with Gasteiger partial charge in [0.05, 0.1) is 6.04 Å². The number of nitrogens with one attached hydrogen (secondary N) is 4. The lowest BCUT2D eigenvalue weighted by molar-refractivity contribution is 0.0340. The molecule has 0 aromatic rings. The van der Waals surface area contributed by atoms with Crippen LogP contribution in [0.25, 0.3) is 0 Å². The van der Waals surface area contributed by atoms with Crippen molar-refractivity contribution in [3.05, 3.63) is 69.9 Å². The van der Waals surface area contributed by atoms with Gasteiger partial charge in [-0.15, -0.1) is 0 Å². The van der Waals surface area contributed by atoms with Crippen molar-refractivity contribution >= 4 is 0 Å². The van der Waals surface area contributed by atoms with Gasteiger partial charge in [0.1, 0.15) is 12.1 Å². The average Bonchev–Trinajstić information content (AvgIpc) is 3.52. The summed E-state index contributed by atoms with van der Waals surface area (Å²) in [5, 5.41) is 26.2. The molecule has 228 valence electrons. The first-order chi connectivity index (χ1) is 20.5. The highest BCUT2D eigenvalue weighted by atomic mass is 19.1. The van der Waals surface area contributed by atoms with E-state index in [2.05, 4.69) is 53.3 Å². The highest BCUT2D eigenvalue weighted by Crippen LogP contribution is 2.49. The van der Waals surface area contributed by atoms with E-state index in [-0.39, 0.29) is 18.1 Å². The van der Waals surface area contributed by atoms with Gasteiger partial charge in [0, 0.05) is 48.3 Å². The molecular weight excluding hydrogens is 523 g/mol. The van der Waals surface area contributed by atoms with Crippen molar-refractivity contribution in [2.45, 2.75) is 109 Å². The molecule has 0 radical (unpaired) electrons. The molecule has 5 N–H and O–H groups in total. The van der Waals surface area contributed by atoms with Crippen LogP contribution in [0.5, 0.6) is 0 Å². The first-order valence-electron chi connectivity index (χ1n) is 17.0. The first kappa shape index (κ1) is 28.6. The van der Waals surface area contributed by atoms with Crippen LogP contribution in [0.15, 0.2) is 69.9 Å². The lowest BCUT2D eigenvalue weighted by Gasteiger charge is -2.42. The lowest BCUT2D eigenvalue weighted by Crippen LogP contribution is -2.53. The molecule has 8 unspecified atom stereocenters. The molecule has 2 saturated carbocycles. The zero-order valence-corrected chi connectivity index (χ0v) is 25.6. The molecular formula is C36H51FN4O. The Morgan fingerprint density at radius 2 is 1.79 bits per heavy atom. The van der Waals surface area contributed by atoms with Crippen LogP contribution < -0.4 is 21.3 Å². The minimum absolute atomic E-state index is 0.00822. The summed E-state index contributed by atoms with van der Waals surface area (Å²) in [7, 11) is 0. The Morgan fingerprint density at radius 1 is 0.929 bits per heavy atom. The first-order valence-corrected chi connectivity index (χ1v) is 17.0. The second-order valence-electron chi connectivity index (χ2n) is 14.3. The smallest absolute Gasteiger partial charge is 0.108 e. The van der Waals surface area contributed by atoms with Gasteiger partial charge in [-0.2, -0.15) is 0 Å². The average molecular weight is 575 g/mol. The molecule has 7 aliphatic rings. The van der Waals surface area contributed by atoms with Gasteiger partial charge in [0.2, 0.25) is 0 Å². The minimum Gasteiger partial charge on any atom is -0.385 e. The predicted octanol–water partition coefficient (Wildman–Crippen LogP) is 6.05. The maximum absolute atomic E-state index is 13.8. The zero-order valence-electron chi connectivity index (χ0n) is 25.6. The number of halogens is 1. The molecule has 4 aliphatic carbocycles. The summed E-state index contributed by atoms with van der Waals surface area (Å²) in [6.45, 7) is 6.67. The van der Waals surface area contributed by atoms with Gasteiger partial charge < -0.3 is 21.1 Å². The van der Waals surface area contributed by atoms with Crippen molar-refractivity contribution in [2.24, 2.45) is 29.6 Å². The van der Waals surface area contributed by atoms with Gasteiger partial charge in [0.15, 0.2) is 0 Å². The van der Waals surface area contributed by atoms with E-state index in [1.165, 1.54) is 72.2 Å². The van der Waals surface area contributed by atoms with Crippen LogP contribution in [0.1, 0.15) is 84.5 Å². The number of aliphatic hydroxyl groups is 1. The SMILES string of the molecule is CC1=C(C2=C(C)C3C(C4=CC=C(F)CC4)=CC=CC3N2)C2CC(C3CNCC(NC(O)C4CCCCC4)C3)CCC2N1. The number of allylic oxidation sites excluding steroid dienone is 8. The van der Waals surface area contributed by atoms with E-state index >= 15 is 0 Å². The molecule has 8 atom stereocenters. The monoisotopic (exact) mass is 574 g/mol. The highest BCUT2D eigenvalue weighted by Gasteiger charge is 2.45. The maximum Gasteiger partial charge on any atom is 0.108 e. The molecule has 5 nitrogen and oxygen atoms in total. The standard InChI is InChI=1S/C36H51FN4O/c1-21-33-29(23-11-14-27(37)15-12-23)9-6-10-32(33)41-35(21)34-22(2)39-31-16-13-25(18-30(31)34)26-17-28(20-38-19-26)40-36(42)24-7-4-3-5-8-24/h6,9-11,14,24-26,28,30-33,36,38-42H,3-5,7-8,12-13,15-20H2,1-2H3. The number of rotatable bonds is 6. The van der Waals surface area contributed by atoms with E-state index in [1.807, 2.05) is 6.08 Å². The topological polar surface area (TPSA) is 68.3 Å². The lowest BCUT2D eigenvalue weighted by atomic mass is 9.69. The quantitative estimate of drug-likeness (QED) is 0.250. The molecule has 3 aliphatic heterocycles. The van der Waals surface area contributed by atoms with Crippen molar-refractivity contribution in [2.75, 3.05) is 13.1 Å². The van der Waals surface area contributed by atoms with Crippen molar-refractivity contribution in [1.82, 2.24) is 21.3 Å². The predicted molar refractivity (Wildman–Crippen MR) is 168 cm³/mol. The van der Waals surface area contributed by atoms with E-state index in [0.717, 1.165) is 38.8 Å². The summed E-state index contributed by atoms with van der Waals surface area (Å²) in [5.74, 6) is 2.61. The number of piperidine rings is 1. The molecule has 0 bridgehead atoms. The van der Waals surface area contributed by atoms with Crippen LogP contribution in [-0.2, 0) is 0 Å². The Hall–Kier alpha value is -2.15. The summed E-state index contributed by atoms with van der Waals surface area (Å²) in [6.07, 6.45) is 22.4. The van der Waals surface area contributed by atoms with Gasteiger partial charge >= 0.3 is 0 Å². The molecule has 3 heterocycles. The Morgan fingerprint density at radius 3 is 2.60 bits per heavy atom. The molecule has 0 aromatic carbocycles. The molecule has 42 heavy (non-hydrogen) atoms. The summed E-state index contributed by atoms with van der Waals surface area (Å²) in [6, 6.07) is 1.15. The van der Waals surface area contributed by atoms with Crippen molar-refractivity contribution in [1.29, 1.82) is 0 Å². The fraction of sp³-hybridized carbons (Fsp3) is 0.667. The van der Waals surface area contributed by atoms with Gasteiger partial charge in [-0.05, 0) is 111 Å². The van der Waals surface area contributed by atoms with E-state index in [9.17, 15) is 9.50 Å². The van der Waals surface area contributed by atoms with Crippen LogP contribution in [0, 0.1) is 29.6 Å². The number of fused-ring (bicyclic) bond motifs is 2. The Balaban J connectivity index is 1.05. The maximum atomic E-state index is 13.8. The second kappa shape index (κ2) is 12.1. The number of hydrogen-bond donors (Lipinski definition) is 5. The third-order valence-corrected chi connectivity index (χ3v) is 11.8. The Bertz CT molecular complexity index is 1240. The van der Waals surface area contributed by atoms with Crippen molar-refractivity contribution in [3.63, 3.8) is 0 Å². The van der Waals surface area contributed by atoms with Crippen molar-refractivity contribution < 1.29 is 9.50 Å². The molecule has 6 heteroatoms. The zero-order chi connectivity index (χ0) is 28.8. The van der Waals surface area contributed by atoms with E-state index in [4.69, 9.17) is 0 Å². The fourth-order valence-corrected chi connectivity index (χ4v) is 9.62. The van der Waals surface area contributed by atoms with Gasteiger partial charge in [-0.25, -0.2) is 4.39 Å². The molecule has 0 spiro atoms. The van der Waals surface area contributed by atoms with Crippen LogP contribution >= 0.6 is 0 Å². The van der Waals surface area contributed by atoms with Crippen LogP contribution in [0.2, 0.25) is 0 Å². The molecule has 3 fully saturated rings. The van der Waals surface area contributed by atoms with Crippen LogP contribution in [0.3, 0.4) is 0 Å². The van der Waals surface area contributed by atoms with Gasteiger partial charge in [0.25, 0.3) is 0 Å². The highest BCUT2D eigenvalue weighted by molar-refractivity contribution is 5.55. The van der Waals surface area contributed by atoms with Gasteiger partial charge in [-0.3, -0.25) is 5.32 Å². The normalized spacial score (nSPS) is 37.8. The summed E-state index contributed by atoms with van der Waals surface area (Å²) in [5.41, 5.74) is 8.29. The van der Waals surface area contributed by atoms with E-state index < -0.39 is 0 Å². The molecule has 1 saturated heterocycles. The third-order valence-electron chi connectivity index (χ3n) is 11.8. The molecule has 0 amide bonds. The number of aliphatic hydroxyl groups excluding tert-OH is 1. The third kappa shape index (κ3) is 5.48. The second-order valence-corrected chi connectivity index (χ2v) is 14.3. The van der Waals surface area contributed by atoms with Crippen LogP contribution in [-0.4, -0.2) is 42.5 Å². The van der Waals surface area contributed by atoms with E-state index in [1.54, 1.807) is 6.08 Å². The summed E-state index contributed by atoms with van der Waals surface area (Å²) in [4.78, 5) is 0. The van der Waals surface area contributed by atoms with Crippen molar-refractivity contribution in [3.8, 4) is 0 Å². The summed E-state index contributed by atoms with van der Waals surface area (Å²) >= 11 is 0. The fourth-order valence-electron chi connectivity index (χ4n) is 9.62. The number of hydrogen-bond acceptors (Lipinski definition) is 5. The Labute approximate surface area is 251 Å². The Kier molecular flexibility index (Phi) is 8.24. The largest absolute Gasteiger partial charge is 0.385 e. The summed E-state index contributed by atoms with van der Waals surface area (Å²) < 4.78 is 13.8. The van der Waals surface area contributed by atoms with Crippen LogP contribution in [0.4, 0.5) is 4.39 Å². The molecule has 0 aromatic heterocycles.